The van der Waals surface area contributed by atoms with Gasteiger partial charge in [-0.15, -0.1) is 0 Å². The third-order valence-corrected chi connectivity index (χ3v) is 13.9. The van der Waals surface area contributed by atoms with E-state index < -0.39 is 6.10 Å². The summed E-state index contributed by atoms with van der Waals surface area (Å²) >= 11 is 0. The molecule has 1 atom stereocenters. The van der Waals surface area contributed by atoms with Gasteiger partial charge in [-0.1, -0.05) is 276 Å². The average molecular weight is 972 g/mol. The second-order valence-electron chi connectivity index (χ2n) is 21.0. The number of ether oxygens (including phenoxy) is 3. The lowest BCUT2D eigenvalue weighted by molar-refractivity contribution is -0.167. The lowest BCUT2D eigenvalue weighted by atomic mass is 10.0. The molecule has 406 valence electrons. The van der Waals surface area contributed by atoms with E-state index >= 15 is 0 Å². The SMILES string of the molecule is CCCCCC/C=C\CCCCCCCC(=O)OC(COC(=O)CCCCCCCCC)COC(=O)CCCCCCCCCCCCCCCCCCCCC/C=C\CCCCCCCCCC. The molecule has 0 aliphatic rings. The minimum absolute atomic E-state index is 0.0700. The molecule has 0 aromatic heterocycles. The normalized spacial score (nSPS) is 12.1. The zero-order chi connectivity index (χ0) is 50.0. The van der Waals surface area contributed by atoms with E-state index in [1.54, 1.807) is 0 Å². The third kappa shape index (κ3) is 56.7. The molecule has 1 unspecified atom stereocenters. The van der Waals surface area contributed by atoms with Gasteiger partial charge in [0.05, 0.1) is 0 Å². The highest BCUT2D eigenvalue weighted by Gasteiger charge is 2.19. The number of rotatable bonds is 57. The molecule has 0 saturated carbocycles. The van der Waals surface area contributed by atoms with Crippen LogP contribution in [0.3, 0.4) is 0 Å². The van der Waals surface area contributed by atoms with E-state index in [2.05, 4.69) is 45.1 Å². The van der Waals surface area contributed by atoms with Crippen LogP contribution in [0.1, 0.15) is 342 Å². The van der Waals surface area contributed by atoms with Crippen molar-refractivity contribution in [2.24, 2.45) is 0 Å². The molecule has 0 amide bonds. The molecule has 0 radical (unpaired) electrons. The van der Waals surface area contributed by atoms with E-state index in [0.717, 1.165) is 64.2 Å². The van der Waals surface area contributed by atoms with Gasteiger partial charge in [-0.2, -0.15) is 0 Å². The number of unbranched alkanes of at least 4 members (excludes halogenated alkanes) is 42. The smallest absolute Gasteiger partial charge is 0.306 e. The molecular formula is C63H118O6. The van der Waals surface area contributed by atoms with Crippen molar-refractivity contribution in [2.75, 3.05) is 13.2 Å². The quantitative estimate of drug-likeness (QED) is 0.0261. The molecule has 0 bridgehead atoms. The largest absolute Gasteiger partial charge is 0.462 e. The fraction of sp³-hybridized carbons (Fsp3) is 0.889. The molecule has 0 fully saturated rings. The Morgan fingerprint density at radius 3 is 0.739 bits per heavy atom. The maximum atomic E-state index is 12.8. The second kappa shape index (κ2) is 58.5. The summed E-state index contributed by atoms with van der Waals surface area (Å²) in [5.41, 5.74) is 0. The molecule has 0 aromatic carbocycles. The van der Waals surface area contributed by atoms with Gasteiger partial charge in [0.25, 0.3) is 0 Å². The predicted octanol–water partition coefficient (Wildman–Crippen LogP) is 20.7. The van der Waals surface area contributed by atoms with Gasteiger partial charge in [-0.3, -0.25) is 14.4 Å². The van der Waals surface area contributed by atoms with Crippen molar-refractivity contribution >= 4 is 17.9 Å². The Kier molecular flexibility index (Phi) is 56.7. The van der Waals surface area contributed by atoms with E-state index in [-0.39, 0.29) is 31.1 Å². The second-order valence-corrected chi connectivity index (χ2v) is 21.0. The van der Waals surface area contributed by atoms with Gasteiger partial charge in [0.15, 0.2) is 6.10 Å². The first-order valence-electron chi connectivity index (χ1n) is 30.8. The van der Waals surface area contributed by atoms with E-state index in [4.69, 9.17) is 14.2 Å². The Labute approximate surface area is 430 Å². The molecular weight excluding hydrogens is 853 g/mol. The molecule has 0 aliphatic heterocycles. The van der Waals surface area contributed by atoms with Gasteiger partial charge < -0.3 is 14.2 Å². The van der Waals surface area contributed by atoms with Crippen molar-refractivity contribution in [3.05, 3.63) is 24.3 Å². The lowest BCUT2D eigenvalue weighted by Gasteiger charge is -2.18. The summed E-state index contributed by atoms with van der Waals surface area (Å²) in [4.78, 5) is 37.9. The number of carbonyl (C=O) groups excluding carboxylic acids is 3. The average Bonchev–Trinajstić information content (AvgIpc) is 3.35. The van der Waals surface area contributed by atoms with Gasteiger partial charge in [-0.25, -0.2) is 0 Å². The van der Waals surface area contributed by atoms with Crippen LogP contribution in [0.25, 0.3) is 0 Å². The van der Waals surface area contributed by atoms with Crippen LogP contribution in [0, 0.1) is 0 Å². The molecule has 0 aliphatic carbocycles. The minimum Gasteiger partial charge on any atom is -0.462 e. The summed E-state index contributed by atoms with van der Waals surface area (Å²) < 4.78 is 16.8. The molecule has 0 spiro atoms. The highest BCUT2D eigenvalue weighted by Crippen LogP contribution is 2.17. The Morgan fingerprint density at radius 2 is 0.478 bits per heavy atom. The first-order chi connectivity index (χ1) is 34.0. The summed E-state index contributed by atoms with van der Waals surface area (Å²) in [6.07, 6.45) is 69.4. The highest BCUT2D eigenvalue weighted by atomic mass is 16.6. The van der Waals surface area contributed by atoms with Crippen molar-refractivity contribution in [1.29, 1.82) is 0 Å². The van der Waals surface area contributed by atoms with Crippen LogP contribution in [0.5, 0.6) is 0 Å². The van der Waals surface area contributed by atoms with Crippen molar-refractivity contribution in [2.45, 2.75) is 348 Å². The number of esters is 3. The van der Waals surface area contributed by atoms with Gasteiger partial charge in [-0.05, 0) is 70.6 Å². The van der Waals surface area contributed by atoms with Gasteiger partial charge in [0.1, 0.15) is 13.2 Å². The molecule has 0 rings (SSSR count). The topological polar surface area (TPSA) is 78.9 Å². The summed E-state index contributed by atoms with van der Waals surface area (Å²) in [6.45, 7) is 6.62. The zero-order valence-electron chi connectivity index (χ0n) is 46.6. The highest BCUT2D eigenvalue weighted by molar-refractivity contribution is 5.71. The van der Waals surface area contributed by atoms with Gasteiger partial charge in [0.2, 0.25) is 0 Å². The number of hydrogen-bond acceptors (Lipinski definition) is 6. The molecule has 0 aromatic rings. The fourth-order valence-corrected chi connectivity index (χ4v) is 9.26. The first-order valence-corrected chi connectivity index (χ1v) is 30.8. The van der Waals surface area contributed by atoms with E-state index in [9.17, 15) is 14.4 Å². The summed E-state index contributed by atoms with van der Waals surface area (Å²) in [6, 6.07) is 0. The van der Waals surface area contributed by atoms with E-state index in [0.29, 0.717) is 19.3 Å². The Balaban J connectivity index is 3.95. The standard InChI is InChI=1S/C63H118O6/c1-4-7-10-13-16-18-20-22-23-24-25-26-27-28-29-30-31-32-33-34-35-36-37-38-39-41-42-44-47-50-53-56-62(65)68-59-60(58-67-61(64)55-52-49-46-15-12-9-6-3)69-63(66)57-54-51-48-45-43-40-21-19-17-14-11-8-5-2/h19,21,24-25,60H,4-18,20,22-23,26-59H2,1-3H3/b21-19-,25-24-. The Bertz CT molecular complexity index is 1110. The van der Waals surface area contributed by atoms with Crippen LogP contribution in [0.4, 0.5) is 0 Å². The van der Waals surface area contributed by atoms with Gasteiger partial charge in [0, 0.05) is 19.3 Å². The monoisotopic (exact) mass is 971 g/mol. The van der Waals surface area contributed by atoms with Crippen LogP contribution in [-0.2, 0) is 28.6 Å². The Morgan fingerprint density at radius 1 is 0.275 bits per heavy atom. The van der Waals surface area contributed by atoms with Crippen molar-refractivity contribution in [3.8, 4) is 0 Å². The summed E-state index contributed by atoms with van der Waals surface area (Å²) in [7, 11) is 0. The first kappa shape index (κ1) is 66.9. The van der Waals surface area contributed by atoms with Crippen LogP contribution < -0.4 is 0 Å². The molecule has 0 saturated heterocycles. The maximum Gasteiger partial charge on any atom is 0.306 e. The number of allylic oxidation sites excluding steroid dienone is 4. The molecule has 0 N–H and O–H groups in total. The minimum atomic E-state index is -0.769. The number of hydrogen-bond donors (Lipinski definition) is 0. The van der Waals surface area contributed by atoms with E-state index in [1.165, 1.54) is 238 Å². The van der Waals surface area contributed by atoms with Crippen LogP contribution in [0.15, 0.2) is 24.3 Å². The summed E-state index contributed by atoms with van der Waals surface area (Å²) in [5, 5.41) is 0. The summed E-state index contributed by atoms with van der Waals surface area (Å²) in [5.74, 6) is -0.868. The zero-order valence-corrected chi connectivity index (χ0v) is 46.6. The van der Waals surface area contributed by atoms with Crippen LogP contribution in [-0.4, -0.2) is 37.2 Å². The maximum absolute atomic E-state index is 12.8. The van der Waals surface area contributed by atoms with E-state index in [1.807, 2.05) is 0 Å². The predicted molar refractivity (Wildman–Crippen MR) is 298 cm³/mol. The van der Waals surface area contributed by atoms with Crippen molar-refractivity contribution < 1.29 is 28.6 Å². The van der Waals surface area contributed by atoms with Crippen LogP contribution >= 0.6 is 0 Å². The molecule has 6 nitrogen and oxygen atoms in total. The van der Waals surface area contributed by atoms with Crippen molar-refractivity contribution in [3.63, 3.8) is 0 Å². The number of carbonyl (C=O) groups is 3. The van der Waals surface area contributed by atoms with Crippen molar-refractivity contribution in [1.82, 2.24) is 0 Å². The third-order valence-electron chi connectivity index (χ3n) is 13.9. The van der Waals surface area contributed by atoms with Crippen LogP contribution in [0.2, 0.25) is 0 Å². The fourth-order valence-electron chi connectivity index (χ4n) is 9.26. The molecule has 6 heteroatoms. The molecule has 69 heavy (non-hydrogen) atoms. The Hall–Kier alpha value is -2.11. The van der Waals surface area contributed by atoms with Gasteiger partial charge >= 0.3 is 17.9 Å². The molecule has 0 heterocycles. The lowest BCUT2D eigenvalue weighted by Crippen LogP contribution is -2.30.